The number of esters is 1. The molecule has 1 fully saturated rings. The zero-order valence-corrected chi connectivity index (χ0v) is 16.5. The van der Waals surface area contributed by atoms with E-state index in [4.69, 9.17) is 4.74 Å². The Hall–Kier alpha value is -2.60. The summed E-state index contributed by atoms with van der Waals surface area (Å²) in [5.41, 5.74) is 4.80. The van der Waals surface area contributed by atoms with Crippen molar-refractivity contribution in [2.75, 3.05) is 44.7 Å². The molecular weight excluding hydrogens is 342 g/mol. The Labute approximate surface area is 160 Å². The predicted octanol–water partition coefficient (Wildman–Crippen LogP) is 2.73. The Bertz CT molecular complexity index is 848. The summed E-state index contributed by atoms with van der Waals surface area (Å²) in [6.07, 6.45) is 0. The van der Waals surface area contributed by atoms with Gasteiger partial charge in [0.1, 0.15) is 0 Å². The molecule has 0 saturated carbocycles. The Kier molecular flexibility index (Phi) is 5.65. The van der Waals surface area contributed by atoms with E-state index < -0.39 is 5.97 Å². The number of nitrogens with zero attached hydrogens (tertiary/aromatic N) is 2. The van der Waals surface area contributed by atoms with Crippen LogP contribution in [-0.4, -0.2) is 61.5 Å². The molecule has 1 aliphatic rings. The van der Waals surface area contributed by atoms with Gasteiger partial charge in [0.25, 0.3) is 0 Å². The molecule has 6 heteroatoms. The monoisotopic (exact) mass is 369 g/mol. The zero-order chi connectivity index (χ0) is 19.6. The summed E-state index contributed by atoms with van der Waals surface area (Å²) in [5, 5.41) is 0. The molecule has 1 aliphatic heterocycles. The van der Waals surface area contributed by atoms with Gasteiger partial charge in [-0.15, -0.1) is 0 Å². The van der Waals surface area contributed by atoms with Gasteiger partial charge in [0.05, 0.1) is 24.9 Å². The lowest BCUT2D eigenvalue weighted by Gasteiger charge is -2.35. The first kappa shape index (κ1) is 19.2. The Balaban J connectivity index is 1.62. The third-order valence-electron chi connectivity index (χ3n) is 5.21. The van der Waals surface area contributed by atoms with E-state index in [-0.39, 0.29) is 5.78 Å². The molecule has 0 radical (unpaired) electrons. The molecule has 0 aliphatic carbocycles. The summed E-state index contributed by atoms with van der Waals surface area (Å²) in [5.74, 6) is -0.401. The van der Waals surface area contributed by atoms with E-state index in [2.05, 4.69) is 46.0 Å². The molecule has 0 unspecified atom stereocenters. The van der Waals surface area contributed by atoms with Crippen LogP contribution in [0.25, 0.3) is 0 Å². The van der Waals surface area contributed by atoms with Crippen LogP contribution in [0.15, 0.2) is 24.3 Å². The van der Waals surface area contributed by atoms with E-state index in [9.17, 15) is 9.59 Å². The molecule has 6 nitrogen and oxygen atoms in total. The van der Waals surface area contributed by atoms with Crippen molar-refractivity contribution >= 4 is 17.4 Å². The number of carbonyl (C=O) groups is 2. The lowest BCUT2D eigenvalue weighted by molar-refractivity contribution is 0.0599. The molecule has 3 rings (SSSR count). The average molecular weight is 369 g/mol. The topological polar surface area (TPSA) is 65.6 Å². The van der Waals surface area contributed by atoms with E-state index in [1.54, 1.807) is 13.8 Å². The van der Waals surface area contributed by atoms with Crippen molar-refractivity contribution in [3.8, 4) is 0 Å². The highest BCUT2D eigenvalue weighted by atomic mass is 16.5. The minimum atomic E-state index is -0.410. The second kappa shape index (κ2) is 7.96. The summed E-state index contributed by atoms with van der Waals surface area (Å²) in [7, 11) is 1.35. The molecule has 2 aromatic rings. The number of rotatable bonds is 5. The summed E-state index contributed by atoms with van der Waals surface area (Å²) >= 11 is 0. The third kappa shape index (κ3) is 4.06. The quantitative estimate of drug-likeness (QED) is 0.648. The highest BCUT2D eigenvalue weighted by Gasteiger charge is 2.25. The van der Waals surface area contributed by atoms with E-state index in [0.717, 1.165) is 26.2 Å². The Morgan fingerprint density at radius 3 is 2.44 bits per heavy atom. The molecule has 1 aromatic carbocycles. The van der Waals surface area contributed by atoms with Crippen LogP contribution < -0.4 is 4.90 Å². The number of methoxy groups -OCH3 is 1. The normalized spacial score (nSPS) is 15.0. The lowest BCUT2D eigenvalue weighted by Crippen LogP contribution is -2.48. The zero-order valence-electron chi connectivity index (χ0n) is 16.5. The fourth-order valence-corrected chi connectivity index (χ4v) is 3.71. The summed E-state index contributed by atoms with van der Waals surface area (Å²) in [6, 6.07) is 8.50. The van der Waals surface area contributed by atoms with E-state index in [0.29, 0.717) is 29.1 Å². The number of piperazine rings is 1. The van der Waals surface area contributed by atoms with Crippen molar-refractivity contribution in [1.29, 1.82) is 0 Å². The van der Waals surface area contributed by atoms with Gasteiger partial charge in [0.15, 0.2) is 5.78 Å². The number of aryl methyl sites for hydroxylation is 2. The van der Waals surface area contributed by atoms with Crippen molar-refractivity contribution in [1.82, 2.24) is 9.88 Å². The molecule has 2 heterocycles. The van der Waals surface area contributed by atoms with Gasteiger partial charge < -0.3 is 14.6 Å². The summed E-state index contributed by atoms with van der Waals surface area (Å²) in [6.45, 7) is 9.49. The van der Waals surface area contributed by atoms with Gasteiger partial charge in [-0.2, -0.15) is 0 Å². The van der Waals surface area contributed by atoms with Crippen LogP contribution in [0, 0.1) is 20.8 Å². The number of Topliss-reactive ketones (excluding diaryl/α,β-unsaturated/α-hetero) is 1. The van der Waals surface area contributed by atoms with Gasteiger partial charge >= 0.3 is 5.97 Å². The number of aromatic amines is 1. The molecule has 1 saturated heterocycles. The smallest absolute Gasteiger partial charge is 0.339 e. The molecule has 1 N–H and O–H groups in total. The lowest BCUT2D eigenvalue weighted by atomic mass is 10.1. The van der Waals surface area contributed by atoms with E-state index in [1.807, 2.05) is 0 Å². The standard InChI is InChI=1S/C21H27N3O3/c1-14-6-5-7-17(12-14)24-10-8-23(9-11-24)13-18(25)20-15(2)19(16(3)22-20)21(26)27-4/h5-7,12,22H,8-11,13H2,1-4H3. The van der Waals surface area contributed by atoms with Crippen molar-refractivity contribution < 1.29 is 14.3 Å². The van der Waals surface area contributed by atoms with Crippen LogP contribution in [0.2, 0.25) is 0 Å². The van der Waals surface area contributed by atoms with Crippen molar-refractivity contribution in [2.45, 2.75) is 20.8 Å². The number of ketones is 1. The molecule has 1 aromatic heterocycles. The number of ether oxygens (including phenoxy) is 1. The number of carbonyl (C=O) groups excluding carboxylic acids is 2. The number of anilines is 1. The fourth-order valence-electron chi connectivity index (χ4n) is 3.71. The van der Waals surface area contributed by atoms with Gasteiger partial charge in [0, 0.05) is 37.6 Å². The first-order valence-electron chi connectivity index (χ1n) is 9.25. The SMILES string of the molecule is COC(=O)c1c(C)[nH]c(C(=O)CN2CCN(c3cccc(C)c3)CC2)c1C. The summed E-state index contributed by atoms with van der Waals surface area (Å²) in [4.78, 5) is 32.3. The van der Waals surface area contributed by atoms with Crippen LogP contribution in [-0.2, 0) is 4.74 Å². The van der Waals surface area contributed by atoms with Gasteiger partial charge in [-0.25, -0.2) is 4.79 Å². The van der Waals surface area contributed by atoms with E-state index >= 15 is 0 Å². The number of H-pyrrole nitrogens is 1. The highest BCUT2D eigenvalue weighted by Crippen LogP contribution is 2.21. The minimum Gasteiger partial charge on any atom is -0.465 e. The largest absolute Gasteiger partial charge is 0.465 e. The Morgan fingerprint density at radius 2 is 1.81 bits per heavy atom. The third-order valence-corrected chi connectivity index (χ3v) is 5.21. The molecule has 0 bridgehead atoms. The second-order valence-corrected chi connectivity index (χ2v) is 7.14. The molecular formula is C21H27N3O3. The average Bonchev–Trinajstić information content (AvgIpc) is 2.96. The van der Waals surface area contributed by atoms with E-state index in [1.165, 1.54) is 18.4 Å². The minimum absolute atomic E-state index is 0.00904. The first-order chi connectivity index (χ1) is 12.9. The maximum absolute atomic E-state index is 12.8. The first-order valence-corrected chi connectivity index (χ1v) is 9.25. The number of hydrogen-bond acceptors (Lipinski definition) is 5. The second-order valence-electron chi connectivity index (χ2n) is 7.14. The molecule has 0 spiro atoms. The van der Waals surface area contributed by atoms with Crippen LogP contribution in [0.1, 0.15) is 37.7 Å². The van der Waals surface area contributed by atoms with Crippen LogP contribution in [0.4, 0.5) is 5.69 Å². The molecule has 0 atom stereocenters. The molecule has 27 heavy (non-hydrogen) atoms. The number of hydrogen-bond donors (Lipinski definition) is 1. The van der Waals surface area contributed by atoms with Crippen LogP contribution >= 0.6 is 0 Å². The maximum Gasteiger partial charge on any atom is 0.339 e. The van der Waals surface area contributed by atoms with Gasteiger partial charge in [0.2, 0.25) is 0 Å². The van der Waals surface area contributed by atoms with Crippen molar-refractivity contribution in [3.05, 3.63) is 52.3 Å². The van der Waals surface area contributed by atoms with Crippen molar-refractivity contribution in [2.24, 2.45) is 0 Å². The van der Waals surface area contributed by atoms with Crippen LogP contribution in [0.3, 0.4) is 0 Å². The fraction of sp³-hybridized carbons (Fsp3) is 0.429. The summed E-state index contributed by atoms with van der Waals surface area (Å²) < 4.78 is 4.82. The number of benzene rings is 1. The van der Waals surface area contributed by atoms with Crippen molar-refractivity contribution in [3.63, 3.8) is 0 Å². The van der Waals surface area contributed by atoms with Gasteiger partial charge in [-0.3, -0.25) is 9.69 Å². The molecule has 144 valence electrons. The van der Waals surface area contributed by atoms with Gasteiger partial charge in [-0.05, 0) is 44.0 Å². The maximum atomic E-state index is 12.8. The highest BCUT2D eigenvalue weighted by molar-refractivity contribution is 6.02. The predicted molar refractivity (Wildman–Crippen MR) is 106 cm³/mol. The van der Waals surface area contributed by atoms with Crippen LogP contribution in [0.5, 0.6) is 0 Å². The number of aromatic nitrogens is 1. The Morgan fingerprint density at radius 1 is 1.11 bits per heavy atom. The van der Waals surface area contributed by atoms with Gasteiger partial charge in [-0.1, -0.05) is 12.1 Å². The number of nitrogens with one attached hydrogen (secondary N) is 1. The molecule has 0 amide bonds.